The van der Waals surface area contributed by atoms with Gasteiger partial charge in [-0.15, -0.1) is 0 Å². The lowest BCUT2D eigenvalue weighted by atomic mass is 10.0. The molecule has 0 amide bonds. The number of nitrogens with one attached hydrogen (secondary N) is 1. The van der Waals surface area contributed by atoms with E-state index in [2.05, 4.69) is 10.2 Å². The third-order valence-corrected chi connectivity index (χ3v) is 3.50. The lowest BCUT2D eigenvalue weighted by Crippen LogP contribution is -2.41. The first kappa shape index (κ1) is 15.9. The van der Waals surface area contributed by atoms with Gasteiger partial charge in [0, 0.05) is 52.4 Å². The van der Waals surface area contributed by atoms with Crippen LogP contribution in [0.2, 0.25) is 0 Å². The second-order valence-corrected chi connectivity index (χ2v) is 4.83. The Labute approximate surface area is 111 Å². The summed E-state index contributed by atoms with van der Waals surface area (Å²) in [6, 6.07) is 0.484. The van der Waals surface area contributed by atoms with E-state index in [4.69, 9.17) is 14.2 Å². The van der Waals surface area contributed by atoms with Crippen molar-refractivity contribution in [1.82, 2.24) is 10.2 Å². The summed E-state index contributed by atoms with van der Waals surface area (Å²) in [5.74, 6) is 0.578. The van der Waals surface area contributed by atoms with E-state index in [9.17, 15) is 0 Å². The Kier molecular flexibility index (Phi) is 8.54. The molecule has 5 nitrogen and oxygen atoms in total. The normalized spacial score (nSPS) is 24.0. The van der Waals surface area contributed by atoms with E-state index in [1.807, 2.05) is 7.05 Å². The van der Waals surface area contributed by atoms with Crippen LogP contribution in [0.1, 0.15) is 6.42 Å². The maximum absolute atomic E-state index is 5.55. The second-order valence-electron chi connectivity index (χ2n) is 4.83. The number of ether oxygens (including phenoxy) is 3. The van der Waals surface area contributed by atoms with Gasteiger partial charge in [-0.2, -0.15) is 0 Å². The molecular weight excluding hydrogens is 232 g/mol. The molecule has 1 heterocycles. The number of nitrogens with zero attached hydrogens (tertiary/aromatic N) is 1. The van der Waals surface area contributed by atoms with Gasteiger partial charge in [0.05, 0.1) is 19.8 Å². The van der Waals surface area contributed by atoms with Gasteiger partial charge in [-0.25, -0.2) is 0 Å². The van der Waals surface area contributed by atoms with E-state index in [1.165, 1.54) is 0 Å². The van der Waals surface area contributed by atoms with E-state index in [-0.39, 0.29) is 0 Å². The zero-order valence-corrected chi connectivity index (χ0v) is 12.0. The Bertz CT molecular complexity index is 205. The van der Waals surface area contributed by atoms with Crippen LogP contribution >= 0.6 is 0 Å². The first-order chi connectivity index (χ1) is 8.81. The number of methoxy groups -OCH3 is 2. The number of hydrogen-bond donors (Lipinski definition) is 1. The van der Waals surface area contributed by atoms with Crippen molar-refractivity contribution in [2.75, 3.05) is 67.3 Å². The fourth-order valence-electron chi connectivity index (χ4n) is 2.38. The van der Waals surface area contributed by atoms with Crippen LogP contribution in [-0.4, -0.2) is 78.3 Å². The molecule has 2 atom stereocenters. The summed E-state index contributed by atoms with van der Waals surface area (Å²) in [6.07, 6.45) is 1.07. The molecule has 1 saturated heterocycles. The topological polar surface area (TPSA) is 43.0 Å². The van der Waals surface area contributed by atoms with Crippen molar-refractivity contribution in [3.63, 3.8) is 0 Å². The molecule has 0 spiro atoms. The molecule has 0 bridgehead atoms. The smallest absolute Gasteiger partial charge is 0.0623 e. The minimum atomic E-state index is 0.484. The fourth-order valence-corrected chi connectivity index (χ4v) is 2.38. The molecule has 0 radical (unpaired) electrons. The van der Waals surface area contributed by atoms with E-state index < -0.39 is 0 Å². The quantitative estimate of drug-likeness (QED) is 0.569. The van der Waals surface area contributed by atoms with E-state index in [0.29, 0.717) is 12.0 Å². The van der Waals surface area contributed by atoms with Crippen LogP contribution in [0.15, 0.2) is 0 Å². The Balaban J connectivity index is 2.33. The first-order valence-corrected chi connectivity index (χ1v) is 6.77. The van der Waals surface area contributed by atoms with Crippen molar-refractivity contribution in [1.29, 1.82) is 0 Å². The van der Waals surface area contributed by atoms with Gasteiger partial charge in [0.2, 0.25) is 0 Å². The Morgan fingerprint density at radius 2 is 1.94 bits per heavy atom. The highest BCUT2D eigenvalue weighted by Gasteiger charge is 2.28. The largest absolute Gasteiger partial charge is 0.385 e. The molecule has 1 N–H and O–H groups in total. The molecule has 108 valence electrons. The SMILES string of the molecule is CNC1COCC1CN(CCCOC)CCOC. The fraction of sp³-hybridized carbons (Fsp3) is 1.00. The lowest BCUT2D eigenvalue weighted by molar-refractivity contribution is 0.115. The molecule has 1 rings (SSSR count). The summed E-state index contributed by atoms with van der Waals surface area (Å²) >= 11 is 0. The van der Waals surface area contributed by atoms with Crippen LogP contribution in [0.25, 0.3) is 0 Å². The summed E-state index contributed by atoms with van der Waals surface area (Å²) in [4.78, 5) is 2.45. The predicted molar refractivity (Wildman–Crippen MR) is 72.0 cm³/mol. The van der Waals surface area contributed by atoms with Gasteiger partial charge in [0.25, 0.3) is 0 Å². The van der Waals surface area contributed by atoms with E-state index in [0.717, 1.165) is 52.5 Å². The van der Waals surface area contributed by atoms with Crippen molar-refractivity contribution < 1.29 is 14.2 Å². The minimum absolute atomic E-state index is 0.484. The number of hydrogen-bond acceptors (Lipinski definition) is 5. The molecule has 5 heteroatoms. The molecule has 18 heavy (non-hydrogen) atoms. The molecular formula is C13H28N2O3. The van der Waals surface area contributed by atoms with Crippen LogP contribution < -0.4 is 5.32 Å². The third kappa shape index (κ3) is 5.63. The summed E-state index contributed by atoms with van der Waals surface area (Å²) in [5, 5.41) is 3.34. The number of likely N-dealkylation sites (N-methyl/N-ethyl adjacent to an activating group) is 1. The molecule has 0 aromatic carbocycles. The van der Waals surface area contributed by atoms with Crippen LogP contribution in [-0.2, 0) is 14.2 Å². The average Bonchev–Trinajstić information content (AvgIpc) is 2.83. The predicted octanol–water partition coefficient (Wildman–Crippen LogP) is 0.206. The molecule has 1 aliphatic heterocycles. The molecule has 1 fully saturated rings. The summed E-state index contributed by atoms with van der Waals surface area (Å²) in [7, 11) is 5.51. The van der Waals surface area contributed by atoms with E-state index in [1.54, 1.807) is 14.2 Å². The molecule has 0 aromatic rings. The molecule has 1 aliphatic rings. The molecule has 0 aliphatic carbocycles. The minimum Gasteiger partial charge on any atom is -0.385 e. The van der Waals surface area contributed by atoms with Crippen molar-refractivity contribution in [3.05, 3.63) is 0 Å². The monoisotopic (exact) mass is 260 g/mol. The second kappa shape index (κ2) is 9.69. The maximum Gasteiger partial charge on any atom is 0.0623 e. The van der Waals surface area contributed by atoms with Crippen molar-refractivity contribution in [3.8, 4) is 0 Å². The van der Waals surface area contributed by atoms with Crippen molar-refractivity contribution >= 4 is 0 Å². The standard InChI is InChI=1S/C13H28N2O3/c1-14-13-11-18-10-12(13)9-15(6-8-17-3)5-4-7-16-2/h12-14H,4-11H2,1-3H3. The third-order valence-electron chi connectivity index (χ3n) is 3.50. The zero-order chi connectivity index (χ0) is 13.2. The Morgan fingerprint density at radius 3 is 2.61 bits per heavy atom. The van der Waals surface area contributed by atoms with Crippen molar-refractivity contribution in [2.45, 2.75) is 12.5 Å². The van der Waals surface area contributed by atoms with Crippen LogP contribution in [0.3, 0.4) is 0 Å². The highest BCUT2D eigenvalue weighted by Crippen LogP contribution is 2.15. The van der Waals surface area contributed by atoms with Gasteiger partial charge < -0.3 is 24.4 Å². The highest BCUT2D eigenvalue weighted by atomic mass is 16.5. The average molecular weight is 260 g/mol. The van der Waals surface area contributed by atoms with Crippen LogP contribution in [0, 0.1) is 5.92 Å². The van der Waals surface area contributed by atoms with Crippen LogP contribution in [0.5, 0.6) is 0 Å². The summed E-state index contributed by atoms with van der Waals surface area (Å²) < 4.78 is 15.8. The molecule has 0 saturated carbocycles. The molecule has 0 aromatic heterocycles. The Morgan fingerprint density at radius 1 is 1.17 bits per heavy atom. The van der Waals surface area contributed by atoms with Crippen LogP contribution in [0.4, 0.5) is 0 Å². The summed E-state index contributed by atoms with van der Waals surface area (Å²) in [6.45, 7) is 6.40. The van der Waals surface area contributed by atoms with Gasteiger partial charge in [-0.05, 0) is 13.5 Å². The maximum atomic E-state index is 5.55. The lowest BCUT2D eigenvalue weighted by Gasteiger charge is -2.27. The van der Waals surface area contributed by atoms with Gasteiger partial charge in [-0.1, -0.05) is 0 Å². The molecule has 2 unspecified atom stereocenters. The van der Waals surface area contributed by atoms with E-state index >= 15 is 0 Å². The van der Waals surface area contributed by atoms with Gasteiger partial charge in [0.15, 0.2) is 0 Å². The zero-order valence-electron chi connectivity index (χ0n) is 12.0. The highest BCUT2D eigenvalue weighted by molar-refractivity contribution is 4.82. The van der Waals surface area contributed by atoms with Crippen molar-refractivity contribution in [2.24, 2.45) is 5.92 Å². The Hall–Kier alpha value is -0.200. The first-order valence-electron chi connectivity index (χ1n) is 6.77. The summed E-state index contributed by atoms with van der Waals surface area (Å²) in [5.41, 5.74) is 0. The van der Waals surface area contributed by atoms with Gasteiger partial charge >= 0.3 is 0 Å². The number of rotatable bonds is 10. The van der Waals surface area contributed by atoms with Gasteiger partial charge in [-0.3, -0.25) is 0 Å². The van der Waals surface area contributed by atoms with Gasteiger partial charge in [0.1, 0.15) is 0 Å².